The van der Waals surface area contributed by atoms with Crippen LogP contribution in [-0.2, 0) is 6.61 Å². The van der Waals surface area contributed by atoms with Crippen molar-refractivity contribution >= 4 is 12.2 Å². The van der Waals surface area contributed by atoms with E-state index in [4.69, 9.17) is 9.47 Å². The fourth-order valence-corrected chi connectivity index (χ4v) is 3.13. The minimum absolute atomic E-state index is 0.539. The average Bonchev–Trinajstić information content (AvgIpc) is 2.81. The molecule has 0 spiro atoms. The summed E-state index contributed by atoms with van der Waals surface area (Å²) in [6, 6.07) is 22.1. The standard InChI is InChI=1S/C25H25N3O2/c1-29-24-10-7-19(8-11-24)13-22-15-27-23(16-26-22)14-21-9-12-25(17-28-21)30-18-20-5-3-2-4-6-20/h2-14,17,26-27H,15-16,18H2,1H3. The lowest BCUT2D eigenvalue weighted by Gasteiger charge is -2.22. The van der Waals surface area contributed by atoms with Crippen LogP contribution in [0.2, 0.25) is 0 Å². The predicted octanol–water partition coefficient (Wildman–Crippen LogP) is 4.24. The van der Waals surface area contributed by atoms with E-state index < -0.39 is 0 Å². The van der Waals surface area contributed by atoms with E-state index in [1.807, 2.05) is 66.7 Å². The Morgan fingerprint density at radius 1 is 0.833 bits per heavy atom. The molecule has 1 saturated heterocycles. The van der Waals surface area contributed by atoms with Crippen LogP contribution in [0.4, 0.5) is 0 Å². The van der Waals surface area contributed by atoms with Gasteiger partial charge in [0.2, 0.25) is 0 Å². The maximum absolute atomic E-state index is 5.80. The largest absolute Gasteiger partial charge is 0.497 e. The zero-order chi connectivity index (χ0) is 20.6. The zero-order valence-corrected chi connectivity index (χ0v) is 17.0. The van der Waals surface area contributed by atoms with Crippen LogP contribution in [0.5, 0.6) is 11.5 Å². The molecule has 1 fully saturated rings. The van der Waals surface area contributed by atoms with Crippen LogP contribution in [0.25, 0.3) is 12.2 Å². The molecule has 5 heteroatoms. The second kappa shape index (κ2) is 9.65. The summed E-state index contributed by atoms with van der Waals surface area (Å²) in [6.45, 7) is 2.02. The maximum Gasteiger partial charge on any atom is 0.138 e. The third-order valence-electron chi connectivity index (χ3n) is 4.80. The number of nitrogens with one attached hydrogen (secondary N) is 2. The Kier molecular flexibility index (Phi) is 6.30. The topological polar surface area (TPSA) is 55.4 Å². The van der Waals surface area contributed by atoms with Crippen molar-refractivity contribution in [2.24, 2.45) is 0 Å². The smallest absolute Gasteiger partial charge is 0.138 e. The molecule has 0 saturated carbocycles. The number of methoxy groups -OCH3 is 1. The first kappa shape index (κ1) is 19.6. The Morgan fingerprint density at radius 2 is 1.53 bits per heavy atom. The van der Waals surface area contributed by atoms with Crippen molar-refractivity contribution in [3.8, 4) is 11.5 Å². The van der Waals surface area contributed by atoms with Crippen LogP contribution >= 0.6 is 0 Å². The van der Waals surface area contributed by atoms with Gasteiger partial charge in [-0.15, -0.1) is 0 Å². The fourth-order valence-electron chi connectivity index (χ4n) is 3.13. The van der Waals surface area contributed by atoms with Gasteiger partial charge in [0.05, 0.1) is 32.1 Å². The van der Waals surface area contributed by atoms with Crippen LogP contribution in [0.1, 0.15) is 16.8 Å². The Balaban J connectivity index is 1.30. The maximum atomic E-state index is 5.80. The molecule has 30 heavy (non-hydrogen) atoms. The van der Waals surface area contributed by atoms with Gasteiger partial charge in [-0.3, -0.25) is 4.98 Å². The summed E-state index contributed by atoms with van der Waals surface area (Å²) < 4.78 is 11.0. The molecule has 0 aliphatic carbocycles. The number of piperazine rings is 1. The van der Waals surface area contributed by atoms with E-state index in [0.29, 0.717) is 6.61 Å². The molecule has 2 aromatic carbocycles. The average molecular weight is 399 g/mol. The van der Waals surface area contributed by atoms with E-state index in [9.17, 15) is 0 Å². The second-order valence-electron chi connectivity index (χ2n) is 7.01. The minimum atomic E-state index is 0.539. The summed E-state index contributed by atoms with van der Waals surface area (Å²) in [5.41, 5.74) is 5.43. The molecule has 2 N–H and O–H groups in total. The van der Waals surface area contributed by atoms with Gasteiger partial charge >= 0.3 is 0 Å². The fraction of sp³-hybridized carbons (Fsp3) is 0.160. The van der Waals surface area contributed by atoms with Crippen molar-refractivity contribution in [1.82, 2.24) is 15.6 Å². The lowest BCUT2D eigenvalue weighted by atomic mass is 10.1. The van der Waals surface area contributed by atoms with Crippen LogP contribution < -0.4 is 20.1 Å². The van der Waals surface area contributed by atoms with Crippen molar-refractivity contribution in [2.45, 2.75) is 6.61 Å². The monoisotopic (exact) mass is 399 g/mol. The first-order valence-electron chi connectivity index (χ1n) is 9.94. The summed E-state index contributed by atoms with van der Waals surface area (Å²) in [4.78, 5) is 4.49. The number of rotatable bonds is 6. The molecule has 1 aromatic heterocycles. The van der Waals surface area contributed by atoms with Gasteiger partial charge in [0.1, 0.15) is 18.1 Å². The number of ether oxygens (including phenoxy) is 2. The van der Waals surface area contributed by atoms with Gasteiger partial charge < -0.3 is 20.1 Å². The molecule has 0 bridgehead atoms. The Bertz CT molecular complexity index is 999. The molecular weight excluding hydrogens is 374 g/mol. The highest BCUT2D eigenvalue weighted by atomic mass is 16.5. The van der Waals surface area contributed by atoms with Crippen molar-refractivity contribution < 1.29 is 9.47 Å². The molecule has 0 amide bonds. The molecule has 4 rings (SSSR count). The summed E-state index contributed by atoms with van der Waals surface area (Å²) >= 11 is 0. The number of aromatic nitrogens is 1. The normalized spacial score (nSPS) is 16.0. The lowest BCUT2D eigenvalue weighted by Crippen LogP contribution is -2.36. The predicted molar refractivity (Wildman–Crippen MR) is 120 cm³/mol. The number of nitrogens with zero attached hydrogens (tertiary/aromatic N) is 1. The van der Waals surface area contributed by atoms with Crippen molar-refractivity contribution in [3.05, 3.63) is 101 Å². The highest BCUT2D eigenvalue weighted by Gasteiger charge is 2.08. The van der Waals surface area contributed by atoms with Gasteiger partial charge in [0, 0.05) is 11.4 Å². The van der Waals surface area contributed by atoms with Crippen LogP contribution in [0, 0.1) is 0 Å². The SMILES string of the molecule is COc1ccc(C=C2CNC(=Cc3ccc(OCc4ccccc4)cn3)CN2)cc1. The third kappa shape index (κ3) is 5.41. The lowest BCUT2D eigenvalue weighted by molar-refractivity contribution is 0.305. The Labute approximate surface area is 177 Å². The summed E-state index contributed by atoms with van der Waals surface area (Å²) in [5.74, 6) is 1.63. The number of hydrogen-bond acceptors (Lipinski definition) is 5. The van der Waals surface area contributed by atoms with Gasteiger partial charge in [-0.05, 0) is 47.5 Å². The highest BCUT2D eigenvalue weighted by Crippen LogP contribution is 2.16. The van der Waals surface area contributed by atoms with Gasteiger partial charge in [-0.2, -0.15) is 0 Å². The molecule has 1 aliphatic heterocycles. The summed E-state index contributed by atoms with van der Waals surface area (Å²) in [5, 5.41) is 6.92. The van der Waals surface area contributed by atoms with E-state index in [1.54, 1.807) is 13.3 Å². The van der Waals surface area contributed by atoms with E-state index in [-0.39, 0.29) is 0 Å². The Hall–Kier alpha value is -3.73. The first-order valence-corrected chi connectivity index (χ1v) is 9.94. The minimum Gasteiger partial charge on any atom is -0.497 e. The number of hydrogen-bond donors (Lipinski definition) is 2. The highest BCUT2D eigenvalue weighted by molar-refractivity contribution is 5.56. The van der Waals surface area contributed by atoms with E-state index in [1.165, 1.54) is 0 Å². The Morgan fingerprint density at radius 3 is 2.17 bits per heavy atom. The van der Waals surface area contributed by atoms with E-state index >= 15 is 0 Å². The molecule has 2 heterocycles. The molecule has 152 valence electrons. The van der Waals surface area contributed by atoms with Gasteiger partial charge in [-0.25, -0.2) is 0 Å². The van der Waals surface area contributed by atoms with Gasteiger partial charge in [0.25, 0.3) is 0 Å². The molecule has 1 aliphatic rings. The van der Waals surface area contributed by atoms with Gasteiger partial charge in [0.15, 0.2) is 0 Å². The van der Waals surface area contributed by atoms with Crippen molar-refractivity contribution in [2.75, 3.05) is 20.2 Å². The zero-order valence-electron chi connectivity index (χ0n) is 17.0. The molecule has 5 nitrogen and oxygen atoms in total. The molecular formula is C25H25N3O2. The summed E-state index contributed by atoms with van der Waals surface area (Å²) in [7, 11) is 1.67. The second-order valence-corrected chi connectivity index (χ2v) is 7.01. The molecule has 0 radical (unpaired) electrons. The molecule has 0 unspecified atom stereocenters. The van der Waals surface area contributed by atoms with E-state index in [0.717, 1.165) is 52.8 Å². The first-order chi connectivity index (χ1) is 14.8. The quantitative estimate of drug-likeness (QED) is 0.649. The molecule has 0 atom stereocenters. The van der Waals surface area contributed by atoms with Gasteiger partial charge in [-0.1, -0.05) is 42.5 Å². The third-order valence-corrected chi connectivity index (χ3v) is 4.80. The summed E-state index contributed by atoms with van der Waals surface area (Å²) in [6.07, 6.45) is 5.96. The van der Waals surface area contributed by atoms with Crippen molar-refractivity contribution in [3.63, 3.8) is 0 Å². The van der Waals surface area contributed by atoms with Crippen LogP contribution in [-0.4, -0.2) is 25.2 Å². The van der Waals surface area contributed by atoms with Crippen LogP contribution in [0.15, 0.2) is 84.3 Å². The van der Waals surface area contributed by atoms with E-state index in [2.05, 4.69) is 27.8 Å². The number of benzene rings is 2. The van der Waals surface area contributed by atoms with Crippen molar-refractivity contribution in [1.29, 1.82) is 0 Å². The van der Waals surface area contributed by atoms with Crippen LogP contribution in [0.3, 0.4) is 0 Å². The number of pyridine rings is 1. The molecule has 3 aromatic rings.